The number of amides is 1. The van der Waals surface area contributed by atoms with Crippen LogP contribution in [-0.2, 0) is 4.79 Å². The summed E-state index contributed by atoms with van der Waals surface area (Å²) in [6, 6.07) is 18.7. The Morgan fingerprint density at radius 1 is 1.06 bits per heavy atom. The van der Waals surface area contributed by atoms with Gasteiger partial charge in [0, 0.05) is 10.9 Å². The molecule has 0 spiro atoms. The first-order valence-electron chi connectivity index (χ1n) is 11.1. The van der Waals surface area contributed by atoms with Crippen LogP contribution in [0.1, 0.15) is 23.6 Å². The highest BCUT2D eigenvalue weighted by Gasteiger charge is 2.18. The van der Waals surface area contributed by atoms with E-state index in [0.29, 0.717) is 16.2 Å². The number of aromatic nitrogens is 1. The predicted octanol–water partition coefficient (Wildman–Crippen LogP) is 5.37. The van der Waals surface area contributed by atoms with Gasteiger partial charge in [-0.05, 0) is 92.1 Å². The minimum Gasteiger partial charge on any atom is -0.508 e. The number of thiazole rings is 1. The largest absolute Gasteiger partial charge is 0.508 e. The number of phenols is 1. The SMILES string of the molecule is CC(=Nn1c(-c2ccc3c(c2)NC(=O)CO3)csc1=Nc1ccc(C)c(C)c1)c1ccc(O)cc1. The first kappa shape index (κ1) is 22.6. The van der Waals surface area contributed by atoms with Gasteiger partial charge < -0.3 is 15.2 Å². The molecule has 1 aromatic heterocycles. The molecule has 2 heterocycles. The molecule has 0 saturated heterocycles. The van der Waals surface area contributed by atoms with Gasteiger partial charge in [-0.1, -0.05) is 6.07 Å². The summed E-state index contributed by atoms with van der Waals surface area (Å²) >= 11 is 1.48. The third-order valence-electron chi connectivity index (χ3n) is 5.84. The number of benzene rings is 3. The number of hydrogen-bond acceptors (Lipinski definition) is 6. The lowest BCUT2D eigenvalue weighted by molar-refractivity contribution is -0.118. The number of fused-ring (bicyclic) bond motifs is 1. The summed E-state index contributed by atoms with van der Waals surface area (Å²) in [7, 11) is 0. The number of aromatic hydroxyl groups is 1. The monoisotopic (exact) mass is 484 g/mol. The highest BCUT2D eigenvalue weighted by molar-refractivity contribution is 7.07. The maximum atomic E-state index is 11.8. The average molecular weight is 485 g/mol. The van der Waals surface area contributed by atoms with Gasteiger partial charge in [0.15, 0.2) is 6.61 Å². The van der Waals surface area contributed by atoms with Crippen molar-refractivity contribution in [2.24, 2.45) is 10.1 Å². The number of nitrogens with zero attached hydrogens (tertiary/aromatic N) is 3. The Morgan fingerprint density at radius 2 is 1.86 bits per heavy atom. The van der Waals surface area contributed by atoms with E-state index in [4.69, 9.17) is 14.8 Å². The van der Waals surface area contributed by atoms with Crippen molar-refractivity contribution in [1.29, 1.82) is 0 Å². The number of rotatable bonds is 4. The van der Waals surface area contributed by atoms with Gasteiger partial charge in [-0.3, -0.25) is 4.79 Å². The fraction of sp³-hybridized carbons (Fsp3) is 0.148. The van der Waals surface area contributed by atoms with Crippen LogP contribution in [0, 0.1) is 13.8 Å². The zero-order valence-electron chi connectivity index (χ0n) is 19.6. The maximum absolute atomic E-state index is 11.8. The molecule has 176 valence electrons. The zero-order chi connectivity index (χ0) is 24.5. The van der Waals surface area contributed by atoms with E-state index in [1.54, 1.807) is 12.1 Å². The minimum atomic E-state index is -0.181. The van der Waals surface area contributed by atoms with Gasteiger partial charge in [0.05, 0.1) is 22.8 Å². The Bertz CT molecular complexity index is 1530. The molecule has 8 heteroatoms. The van der Waals surface area contributed by atoms with Crippen LogP contribution in [-0.4, -0.2) is 28.0 Å². The number of anilines is 1. The van der Waals surface area contributed by atoms with Crippen molar-refractivity contribution in [1.82, 2.24) is 4.68 Å². The summed E-state index contributed by atoms with van der Waals surface area (Å²) in [5.41, 5.74) is 7.21. The van der Waals surface area contributed by atoms with Crippen molar-refractivity contribution >= 4 is 34.3 Å². The van der Waals surface area contributed by atoms with Crippen LogP contribution in [0.3, 0.4) is 0 Å². The van der Waals surface area contributed by atoms with Gasteiger partial charge >= 0.3 is 0 Å². The first-order chi connectivity index (χ1) is 16.9. The number of ether oxygens (including phenoxy) is 1. The quantitative estimate of drug-likeness (QED) is 0.382. The van der Waals surface area contributed by atoms with Gasteiger partial charge in [-0.15, -0.1) is 11.3 Å². The molecule has 0 atom stereocenters. The summed E-state index contributed by atoms with van der Waals surface area (Å²) in [4.78, 5) is 17.4. The summed E-state index contributed by atoms with van der Waals surface area (Å²) < 4.78 is 7.33. The van der Waals surface area contributed by atoms with Crippen molar-refractivity contribution in [3.8, 4) is 22.8 Å². The Balaban J connectivity index is 1.66. The lowest BCUT2D eigenvalue weighted by Crippen LogP contribution is -2.25. The number of nitrogens with one attached hydrogen (secondary N) is 1. The molecule has 0 radical (unpaired) electrons. The van der Waals surface area contributed by atoms with Crippen LogP contribution in [0.25, 0.3) is 11.3 Å². The fourth-order valence-electron chi connectivity index (χ4n) is 3.73. The molecule has 0 bridgehead atoms. The summed E-state index contributed by atoms with van der Waals surface area (Å²) in [6.07, 6.45) is 0. The van der Waals surface area contributed by atoms with E-state index in [-0.39, 0.29) is 18.3 Å². The maximum Gasteiger partial charge on any atom is 0.262 e. The second-order valence-corrected chi connectivity index (χ2v) is 9.21. The molecule has 3 aromatic carbocycles. The fourth-order valence-corrected chi connectivity index (χ4v) is 4.58. The van der Waals surface area contributed by atoms with Crippen molar-refractivity contribution in [2.75, 3.05) is 11.9 Å². The van der Waals surface area contributed by atoms with Crippen LogP contribution in [0.2, 0.25) is 0 Å². The van der Waals surface area contributed by atoms with Gasteiger partial charge in [-0.2, -0.15) is 5.10 Å². The van der Waals surface area contributed by atoms with E-state index in [0.717, 1.165) is 28.2 Å². The van der Waals surface area contributed by atoms with Crippen LogP contribution < -0.4 is 14.9 Å². The molecule has 0 unspecified atom stereocenters. The van der Waals surface area contributed by atoms with Crippen molar-refractivity contribution in [2.45, 2.75) is 20.8 Å². The zero-order valence-corrected chi connectivity index (χ0v) is 20.4. The number of phenolic OH excluding ortho intramolecular Hbond substituents is 1. The Labute approximate surface area is 206 Å². The lowest BCUT2D eigenvalue weighted by Gasteiger charge is -2.18. The number of carbonyl (C=O) groups excluding carboxylic acids is 1. The molecule has 1 aliphatic rings. The third kappa shape index (κ3) is 4.74. The number of hydrogen-bond donors (Lipinski definition) is 2. The average Bonchev–Trinajstić information content (AvgIpc) is 3.23. The Morgan fingerprint density at radius 3 is 2.63 bits per heavy atom. The van der Waals surface area contributed by atoms with Gasteiger partial charge in [0.2, 0.25) is 4.80 Å². The molecule has 1 amide bonds. The molecule has 0 saturated carbocycles. The molecule has 5 rings (SSSR count). The van der Waals surface area contributed by atoms with Gasteiger partial charge in [0.1, 0.15) is 11.5 Å². The smallest absolute Gasteiger partial charge is 0.262 e. The van der Waals surface area contributed by atoms with Crippen molar-refractivity contribution < 1.29 is 14.6 Å². The summed E-state index contributed by atoms with van der Waals surface area (Å²) in [5, 5.41) is 19.4. The van der Waals surface area contributed by atoms with Crippen LogP contribution >= 0.6 is 11.3 Å². The molecule has 2 N–H and O–H groups in total. The molecular formula is C27H24N4O3S. The van der Waals surface area contributed by atoms with E-state index in [1.807, 2.05) is 53.4 Å². The normalized spacial score (nSPS) is 13.9. The highest BCUT2D eigenvalue weighted by atomic mass is 32.1. The predicted molar refractivity (Wildman–Crippen MR) is 139 cm³/mol. The van der Waals surface area contributed by atoms with E-state index in [2.05, 4.69) is 31.3 Å². The van der Waals surface area contributed by atoms with Gasteiger partial charge in [0.25, 0.3) is 5.91 Å². The van der Waals surface area contributed by atoms with Crippen LogP contribution in [0.15, 0.2) is 76.1 Å². The topological polar surface area (TPSA) is 88.2 Å². The third-order valence-corrected chi connectivity index (χ3v) is 6.66. The van der Waals surface area contributed by atoms with E-state index in [9.17, 15) is 9.90 Å². The Hall–Kier alpha value is -4.17. The second-order valence-electron chi connectivity index (χ2n) is 8.38. The van der Waals surface area contributed by atoms with Crippen LogP contribution in [0.4, 0.5) is 11.4 Å². The second kappa shape index (κ2) is 9.23. The van der Waals surface area contributed by atoms with E-state index >= 15 is 0 Å². The molecule has 1 aliphatic heterocycles. The minimum absolute atomic E-state index is 0.0138. The van der Waals surface area contributed by atoms with Crippen molar-refractivity contribution in [3.63, 3.8) is 0 Å². The number of carbonyl (C=O) groups is 1. The molecule has 35 heavy (non-hydrogen) atoms. The van der Waals surface area contributed by atoms with Crippen LogP contribution in [0.5, 0.6) is 11.5 Å². The lowest BCUT2D eigenvalue weighted by atomic mass is 10.1. The molecule has 4 aromatic rings. The molecule has 0 fully saturated rings. The first-order valence-corrected chi connectivity index (χ1v) is 12.0. The molecular weight excluding hydrogens is 460 g/mol. The van der Waals surface area contributed by atoms with E-state index < -0.39 is 0 Å². The summed E-state index contributed by atoms with van der Waals surface area (Å²) in [6.45, 7) is 6.08. The highest BCUT2D eigenvalue weighted by Crippen LogP contribution is 2.33. The summed E-state index contributed by atoms with van der Waals surface area (Å²) in [5.74, 6) is 0.660. The number of aryl methyl sites for hydroxylation is 2. The van der Waals surface area contributed by atoms with Crippen molar-refractivity contribution in [3.05, 3.63) is 87.5 Å². The standard InChI is InChI=1S/C27H24N4O3S/c1-16-4-8-21(12-17(16)2)28-27-31(30-18(3)19-5-9-22(32)10-6-19)24(15-35-27)20-7-11-25-23(13-20)29-26(33)14-34-25/h4-13,15,32H,14H2,1-3H3,(H,29,33). The molecule has 7 nitrogen and oxygen atoms in total. The Kier molecular flexibility index (Phi) is 5.96. The molecule has 0 aliphatic carbocycles. The van der Waals surface area contributed by atoms with E-state index in [1.165, 1.54) is 22.5 Å². The van der Waals surface area contributed by atoms with Gasteiger partial charge in [-0.25, -0.2) is 9.67 Å².